The molecular weight excluding hydrogens is 290 g/mol. The van der Waals surface area contributed by atoms with Crippen LogP contribution < -0.4 is 5.32 Å². The van der Waals surface area contributed by atoms with Crippen molar-refractivity contribution in [1.82, 2.24) is 14.7 Å². The highest BCUT2D eigenvalue weighted by Crippen LogP contribution is 2.33. The van der Waals surface area contributed by atoms with E-state index in [2.05, 4.69) is 26.8 Å². The number of aliphatic hydroxyl groups excluding tert-OH is 1. The van der Waals surface area contributed by atoms with Gasteiger partial charge in [0.1, 0.15) is 6.33 Å². The van der Waals surface area contributed by atoms with Crippen molar-refractivity contribution in [2.45, 2.75) is 28.8 Å². The molecule has 1 aliphatic carbocycles. The zero-order valence-electron chi connectivity index (χ0n) is 11.0. The van der Waals surface area contributed by atoms with E-state index in [1.165, 1.54) is 24.4 Å². The number of aliphatic hydroxyl groups is 1. The number of hydrogen-bond donors (Lipinski definition) is 2. The molecule has 0 radical (unpaired) electrons. The molecule has 0 spiro atoms. The molecule has 0 aliphatic heterocycles. The second-order valence-corrected chi connectivity index (χ2v) is 7.02. The average Bonchev–Trinajstić information content (AvgIpc) is 3.16. The molecule has 106 valence electrons. The molecule has 1 atom stereocenters. The van der Waals surface area contributed by atoms with Gasteiger partial charge in [0.05, 0.1) is 12.1 Å². The number of thioether (sulfide) groups is 1. The Hall–Kier alpha value is -0.950. The van der Waals surface area contributed by atoms with Gasteiger partial charge in [-0.2, -0.15) is 4.37 Å². The van der Waals surface area contributed by atoms with Crippen LogP contribution >= 0.6 is 23.3 Å². The summed E-state index contributed by atoms with van der Waals surface area (Å²) < 4.78 is 4.96. The highest BCUT2D eigenvalue weighted by Gasteiger charge is 2.37. The minimum absolute atomic E-state index is 0.0827. The Morgan fingerprint density at radius 1 is 1.35 bits per heavy atom. The fourth-order valence-corrected chi connectivity index (χ4v) is 3.81. The molecule has 6 heteroatoms. The third-order valence-corrected chi connectivity index (χ3v) is 5.47. The predicted molar refractivity (Wildman–Crippen MR) is 82.0 cm³/mol. The summed E-state index contributed by atoms with van der Waals surface area (Å²) in [5.41, 5.74) is 0.727. The summed E-state index contributed by atoms with van der Waals surface area (Å²) in [5, 5.41) is 13.6. The lowest BCUT2D eigenvalue weighted by atomic mass is 9.92. The molecule has 2 N–H and O–H groups in total. The Morgan fingerprint density at radius 2 is 2.15 bits per heavy atom. The van der Waals surface area contributed by atoms with Gasteiger partial charge in [-0.25, -0.2) is 4.98 Å². The number of rotatable bonds is 7. The molecule has 2 aromatic rings. The van der Waals surface area contributed by atoms with Gasteiger partial charge in [-0.15, -0.1) is 0 Å². The highest BCUT2D eigenvalue weighted by molar-refractivity contribution is 8.01. The third kappa shape index (κ3) is 3.20. The van der Waals surface area contributed by atoms with Crippen LogP contribution in [0, 0.1) is 0 Å². The first kappa shape index (κ1) is 14.0. The maximum absolute atomic E-state index is 10.0. The van der Waals surface area contributed by atoms with Gasteiger partial charge in [0.2, 0.25) is 0 Å². The second kappa shape index (κ2) is 6.22. The topological polar surface area (TPSA) is 58.0 Å². The minimum Gasteiger partial charge on any atom is -0.394 e. The van der Waals surface area contributed by atoms with Gasteiger partial charge < -0.3 is 10.4 Å². The Labute approximate surface area is 126 Å². The van der Waals surface area contributed by atoms with E-state index >= 15 is 0 Å². The van der Waals surface area contributed by atoms with Crippen LogP contribution in [-0.2, 0) is 5.54 Å². The molecule has 1 aromatic carbocycles. The van der Waals surface area contributed by atoms with E-state index in [9.17, 15) is 5.11 Å². The maximum Gasteiger partial charge on any atom is 0.169 e. The number of nitrogens with one attached hydrogen (secondary N) is 1. The summed E-state index contributed by atoms with van der Waals surface area (Å²) in [5.74, 6) is 0.749. The van der Waals surface area contributed by atoms with Crippen molar-refractivity contribution in [1.29, 1.82) is 0 Å². The van der Waals surface area contributed by atoms with Crippen LogP contribution in [0.1, 0.15) is 18.4 Å². The van der Waals surface area contributed by atoms with E-state index in [-0.39, 0.29) is 6.61 Å². The van der Waals surface area contributed by atoms with Crippen molar-refractivity contribution >= 4 is 23.3 Å². The number of hydrogen-bond acceptors (Lipinski definition) is 6. The predicted octanol–water partition coefficient (Wildman–Crippen LogP) is 2.27. The lowest BCUT2D eigenvalue weighted by molar-refractivity contribution is 0.177. The first-order valence-electron chi connectivity index (χ1n) is 6.66. The quantitative estimate of drug-likeness (QED) is 0.769. The first-order chi connectivity index (χ1) is 9.82. The van der Waals surface area contributed by atoms with E-state index in [0.29, 0.717) is 6.04 Å². The van der Waals surface area contributed by atoms with Gasteiger partial charge in [0.15, 0.2) is 4.34 Å². The van der Waals surface area contributed by atoms with Gasteiger partial charge in [0, 0.05) is 11.8 Å². The molecule has 0 saturated heterocycles. The average molecular weight is 307 g/mol. The number of aromatic nitrogens is 2. The molecule has 1 aromatic heterocycles. The lowest BCUT2D eigenvalue weighted by Crippen LogP contribution is -2.49. The van der Waals surface area contributed by atoms with Crippen LogP contribution in [0.25, 0.3) is 0 Å². The first-order valence-corrected chi connectivity index (χ1v) is 8.42. The van der Waals surface area contributed by atoms with Crippen LogP contribution in [-0.4, -0.2) is 32.9 Å². The van der Waals surface area contributed by atoms with Gasteiger partial charge in [0.25, 0.3) is 0 Å². The zero-order chi connectivity index (χ0) is 13.8. The highest BCUT2D eigenvalue weighted by atomic mass is 32.2. The molecule has 1 heterocycles. The third-order valence-electron chi connectivity index (χ3n) is 3.44. The normalized spacial score (nSPS) is 17.9. The van der Waals surface area contributed by atoms with Crippen LogP contribution in [0.5, 0.6) is 0 Å². The number of benzene rings is 1. The van der Waals surface area contributed by atoms with E-state index in [1.807, 2.05) is 18.2 Å². The van der Waals surface area contributed by atoms with Crippen molar-refractivity contribution in [3.63, 3.8) is 0 Å². The summed E-state index contributed by atoms with van der Waals surface area (Å²) in [4.78, 5) is 4.20. The van der Waals surface area contributed by atoms with Crippen molar-refractivity contribution in [3.8, 4) is 0 Å². The molecule has 1 aliphatic rings. The zero-order valence-corrected chi connectivity index (χ0v) is 12.7. The van der Waals surface area contributed by atoms with Crippen molar-refractivity contribution in [2.75, 3.05) is 12.4 Å². The van der Waals surface area contributed by atoms with Gasteiger partial charge >= 0.3 is 0 Å². The van der Waals surface area contributed by atoms with E-state index < -0.39 is 5.54 Å². The molecule has 1 fully saturated rings. The summed E-state index contributed by atoms with van der Waals surface area (Å²) in [6.07, 6.45) is 3.96. The maximum atomic E-state index is 10.0. The molecule has 4 nitrogen and oxygen atoms in total. The van der Waals surface area contributed by atoms with Crippen LogP contribution in [0.3, 0.4) is 0 Å². The summed E-state index contributed by atoms with van der Waals surface area (Å²) >= 11 is 3.04. The van der Waals surface area contributed by atoms with Crippen molar-refractivity contribution in [3.05, 3.63) is 42.2 Å². The largest absolute Gasteiger partial charge is 0.394 e. The standard InChI is InChI=1S/C14H17N3OS2/c18-8-14(17-12-6-7-12,11-4-2-1-3-5-11)9-19-13-15-10-16-20-13/h1-5,10,12,17-18H,6-9H2. The van der Waals surface area contributed by atoms with Crippen molar-refractivity contribution in [2.24, 2.45) is 0 Å². The van der Waals surface area contributed by atoms with Crippen LogP contribution in [0.15, 0.2) is 41.0 Å². The SMILES string of the molecule is OCC(CSc1ncns1)(NC1CC1)c1ccccc1. The summed E-state index contributed by atoms with van der Waals surface area (Å²) in [6, 6.07) is 10.7. The Balaban J connectivity index is 1.81. The molecule has 1 saturated carbocycles. The molecular formula is C14H17N3OS2. The lowest BCUT2D eigenvalue weighted by Gasteiger charge is -2.33. The number of nitrogens with zero attached hydrogens (tertiary/aromatic N) is 2. The van der Waals surface area contributed by atoms with Gasteiger partial charge in [-0.05, 0) is 29.9 Å². The molecule has 0 amide bonds. The molecule has 0 bridgehead atoms. The monoisotopic (exact) mass is 307 g/mol. The van der Waals surface area contributed by atoms with E-state index in [0.717, 1.165) is 15.7 Å². The van der Waals surface area contributed by atoms with Crippen LogP contribution in [0.4, 0.5) is 0 Å². The second-order valence-electron chi connectivity index (χ2n) is 5.02. The fraction of sp³-hybridized carbons (Fsp3) is 0.429. The summed E-state index contributed by atoms with van der Waals surface area (Å²) in [7, 11) is 0. The molecule has 1 unspecified atom stereocenters. The smallest absolute Gasteiger partial charge is 0.169 e. The van der Waals surface area contributed by atoms with Gasteiger partial charge in [-0.3, -0.25) is 0 Å². The van der Waals surface area contributed by atoms with E-state index in [1.54, 1.807) is 18.1 Å². The van der Waals surface area contributed by atoms with Crippen LogP contribution in [0.2, 0.25) is 0 Å². The fourth-order valence-electron chi connectivity index (χ4n) is 2.18. The minimum atomic E-state index is -0.404. The Kier molecular flexibility index (Phi) is 4.35. The van der Waals surface area contributed by atoms with Crippen molar-refractivity contribution < 1.29 is 5.11 Å². The Morgan fingerprint density at radius 3 is 2.75 bits per heavy atom. The van der Waals surface area contributed by atoms with E-state index in [4.69, 9.17) is 0 Å². The molecule has 20 heavy (non-hydrogen) atoms. The van der Waals surface area contributed by atoms with Gasteiger partial charge in [-0.1, -0.05) is 42.1 Å². The Bertz CT molecular complexity index is 531. The molecule has 3 rings (SSSR count). The summed E-state index contributed by atoms with van der Waals surface area (Å²) in [6.45, 7) is 0.0827.